The number of urea groups is 1. The molecule has 1 aromatic carbocycles. The molecule has 1 saturated heterocycles. The fourth-order valence-electron chi connectivity index (χ4n) is 4.10. The van der Waals surface area contributed by atoms with Gasteiger partial charge in [-0.3, -0.25) is 4.79 Å². The Hall–Kier alpha value is -3.29. The minimum atomic E-state index is -1.77. The first-order chi connectivity index (χ1) is 16.1. The van der Waals surface area contributed by atoms with E-state index in [4.69, 9.17) is 11.0 Å². The number of hydrogen-bond acceptors (Lipinski definition) is 5. The van der Waals surface area contributed by atoms with E-state index in [2.05, 4.69) is 15.5 Å². The number of fused-ring (bicyclic) bond motifs is 1. The maximum Gasteiger partial charge on any atom is 0.475 e. The number of para-hydroxylation sites is 1. The highest BCUT2D eigenvalue weighted by Crippen LogP contribution is 2.24. The van der Waals surface area contributed by atoms with Crippen LogP contribution < -0.4 is 10.6 Å². The molecular weight excluding hydrogens is 435 g/mol. The minimum Gasteiger partial charge on any atom is -0.464 e. The van der Waals surface area contributed by atoms with E-state index >= 15 is 0 Å². The SMILES string of the molecule is [C-]#[N+]C(=CC(C)(C)C)C(=O)N1CCC[C@@H]1CNC(=O)N[C@@H](Cc1coc2ccccc12)B(O)O. The summed E-state index contributed by atoms with van der Waals surface area (Å²) >= 11 is 0. The Bertz CT molecular complexity index is 1100. The quantitative estimate of drug-likeness (QED) is 0.284. The second-order valence-corrected chi connectivity index (χ2v) is 9.64. The van der Waals surface area contributed by atoms with Gasteiger partial charge in [0.25, 0.3) is 5.91 Å². The second kappa shape index (κ2) is 10.8. The van der Waals surface area contributed by atoms with Gasteiger partial charge in [-0.15, -0.1) is 0 Å². The van der Waals surface area contributed by atoms with Gasteiger partial charge >= 0.3 is 13.1 Å². The van der Waals surface area contributed by atoms with Crippen LogP contribution in [-0.2, 0) is 11.2 Å². The number of allylic oxidation sites excluding steroid dienone is 1. The van der Waals surface area contributed by atoms with Crippen LogP contribution >= 0.6 is 0 Å². The molecule has 0 saturated carbocycles. The Morgan fingerprint density at radius 1 is 1.35 bits per heavy atom. The summed E-state index contributed by atoms with van der Waals surface area (Å²) < 4.78 is 5.49. The van der Waals surface area contributed by atoms with Crippen molar-refractivity contribution in [1.82, 2.24) is 15.5 Å². The zero-order chi connectivity index (χ0) is 24.9. The lowest BCUT2D eigenvalue weighted by atomic mass is 9.76. The molecule has 10 heteroatoms. The fraction of sp³-hybridized carbons (Fsp3) is 0.458. The van der Waals surface area contributed by atoms with Crippen LogP contribution in [0.2, 0.25) is 0 Å². The van der Waals surface area contributed by atoms with Crippen LogP contribution in [-0.4, -0.2) is 59.1 Å². The van der Waals surface area contributed by atoms with Crippen molar-refractivity contribution in [2.45, 2.75) is 52.0 Å². The topological polar surface area (TPSA) is 119 Å². The third kappa shape index (κ3) is 6.40. The van der Waals surface area contributed by atoms with Gasteiger partial charge in [-0.25, -0.2) is 9.64 Å². The van der Waals surface area contributed by atoms with Crippen molar-refractivity contribution in [2.75, 3.05) is 13.1 Å². The molecule has 1 fully saturated rings. The summed E-state index contributed by atoms with van der Waals surface area (Å²) in [5.74, 6) is -1.28. The number of likely N-dealkylation sites (tertiary alicyclic amines) is 1. The average Bonchev–Trinajstić information content (AvgIpc) is 3.41. The van der Waals surface area contributed by atoms with Gasteiger partial charge in [-0.1, -0.05) is 45.0 Å². The van der Waals surface area contributed by atoms with Gasteiger partial charge in [0.2, 0.25) is 5.70 Å². The van der Waals surface area contributed by atoms with Crippen molar-refractivity contribution >= 4 is 30.0 Å². The van der Waals surface area contributed by atoms with E-state index in [1.54, 1.807) is 17.2 Å². The predicted molar refractivity (Wildman–Crippen MR) is 129 cm³/mol. The number of carbonyl (C=O) groups is 2. The number of furan rings is 1. The largest absolute Gasteiger partial charge is 0.475 e. The molecule has 2 aromatic rings. The Kier molecular flexibility index (Phi) is 8.02. The van der Waals surface area contributed by atoms with Crippen LogP contribution in [0.4, 0.5) is 4.79 Å². The second-order valence-electron chi connectivity index (χ2n) is 9.64. The highest BCUT2D eigenvalue weighted by atomic mass is 16.4. The van der Waals surface area contributed by atoms with Crippen LogP contribution in [0.5, 0.6) is 0 Å². The minimum absolute atomic E-state index is 0.0830. The van der Waals surface area contributed by atoms with E-state index in [1.165, 1.54) is 0 Å². The third-order valence-corrected chi connectivity index (χ3v) is 5.72. The summed E-state index contributed by atoms with van der Waals surface area (Å²) in [4.78, 5) is 30.5. The number of nitrogens with zero attached hydrogens (tertiary/aromatic N) is 2. The highest BCUT2D eigenvalue weighted by Gasteiger charge is 2.32. The predicted octanol–water partition coefficient (Wildman–Crippen LogP) is 2.50. The first-order valence-electron chi connectivity index (χ1n) is 11.4. The van der Waals surface area contributed by atoms with E-state index in [9.17, 15) is 19.6 Å². The van der Waals surface area contributed by atoms with E-state index < -0.39 is 19.1 Å². The van der Waals surface area contributed by atoms with Gasteiger partial charge in [0.1, 0.15) is 5.58 Å². The third-order valence-electron chi connectivity index (χ3n) is 5.72. The zero-order valence-electron chi connectivity index (χ0n) is 19.7. The molecule has 4 N–H and O–H groups in total. The van der Waals surface area contributed by atoms with Gasteiger partial charge in [-0.2, -0.15) is 0 Å². The van der Waals surface area contributed by atoms with Crippen molar-refractivity contribution in [3.05, 3.63) is 59.3 Å². The molecule has 0 bridgehead atoms. The Balaban J connectivity index is 1.59. The van der Waals surface area contributed by atoms with Gasteiger partial charge in [0, 0.05) is 24.5 Å². The number of hydrogen-bond donors (Lipinski definition) is 4. The lowest BCUT2D eigenvalue weighted by molar-refractivity contribution is -0.127. The van der Waals surface area contributed by atoms with Gasteiger partial charge < -0.3 is 30.0 Å². The summed E-state index contributed by atoms with van der Waals surface area (Å²) in [6, 6.07) is 6.58. The molecule has 2 heterocycles. The Morgan fingerprint density at radius 3 is 2.76 bits per heavy atom. The van der Waals surface area contributed by atoms with Gasteiger partial charge in [-0.05, 0) is 36.3 Å². The molecule has 0 aliphatic carbocycles. The lowest BCUT2D eigenvalue weighted by Gasteiger charge is -2.26. The Morgan fingerprint density at radius 2 is 2.09 bits per heavy atom. The molecule has 1 aliphatic rings. The standard InChI is InChI=1S/C24H31BN4O5/c1-24(2,3)13-19(26-4)22(30)29-11-7-8-17(29)14-27-23(31)28-21(25(32)33)12-16-15-34-20-10-6-5-9-18(16)20/h5-6,9-10,13,15,17,21,32-33H,7-8,11-12,14H2,1-3H3,(H2,27,28,31)/t17-,21+/m1/s1. The van der Waals surface area contributed by atoms with Crippen LogP contribution in [0.15, 0.2) is 46.7 Å². The van der Waals surface area contributed by atoms with Crippen molar-refractivity contribution in [1.29, 1.82) is 0 Å². The summed E-state index contributed by atoms with van der Waals surface area (Å²) in [6.45, 7) is 13.9. The number of benzene rings is 1. The summed E-state index contributed by atoms with van der Waals surface area (Å²) in [5, 5.41) is 25.8. The maximum absolute atomic E-state index is 12.9. The molecule has 0 unspecified atom stereocenters. The average molecular weight is 466 g/mol. The van der Waals surface area contributed by atoms with Crippen LogP contribution in [0, 0.1) is 12.0 Å². The van der Waals surface area contributed by atoms with Gasteiger partial charge in [0.05, 0.1) is 18.8 Å². The number of nitrogens with one attached hydrogen (secondary N) is 2. The van der Waals surface area contributed by atoms with E-state index in [-0.39, 0.29) is 36.0 Å². The molecule has 9 nitrogen and oxygen atoms in total. The van der Waals surface area contributed by atoms with Crippen molar-refractivity contribution in [3.8, 4) is 0 Å². The molecular formula is C24H31BN4O5. The highest BCUT2D eigenvalue weighted by molar-refractivity contribution is 6.43. The first-order valence-corrected chi connectivity index (χ1v) is 11.4. The molecule has 34 heavy (non-hydrogen) atoms. The maximum atomic E-state index is 12.9. The molecule has 3 rings (SSSR count). The normalized spacial score (nSPS) is 17.4. The summed E-state index contributed by atoms with van der Waals surface area (Å²) in [7, 11) is -1.77. The number of amides is 3. The molecule has 2 atom stereocenters. The monoisotopic (exact) mass is 466 g/mol. The molecule has 0 radical (unpaired) electrons. The van der Waals surface area contributed by atoms with E-state index in [0.29, 0.717) is 18.5 Å². The molecule has 1 aromatic heterocycles. The lowest BCUT2D eigenvalue weighted by Crippen LogP contribution is -2.53. The van der Waals surface area contributed by atoms with Crippen molar-refractivity contribution in [3.63, 3.8) is 0 Å². The van der Waals surface area contributed by atoms with Crippen LogP contribution in [0.3, 0.4) is 0 Å². The zero-order valence-corrected chi connectivity index (χ0v) is 19.7. The number of rotatable bonds is 7. The molecule has 180 valence electrons. The van der Waals surface area contributed by atoms with Crippen molar-refractivity contribution in [2.24, 2.45) is 5.41 Å². The summed E-state index contributed by atoms with van der Waals surface area (Å²) in [5.41, 5.74) is 1.21. The first kappa shape index (κ1) is 25.3. The number of carbonyl (C=O) groups excluding carboxylic acids is 2. The van der Waals surface area contributed by atoms with Gasteiger partial charge in [0.15, 0.2) is 0 Å². The summed E-state index contributed by atoms with van der Waals surface area (Å²) in [6.07, 6.45) is 4.88. The fourth-order valence-corrected chi connectivity index (χ4v) is 4.10. The molecule has 3 amide bonds. The van der Waals surface area contributed by atoms with E-state index in [1.807, 2.05) is 45.0 Å². The van der Waals surface area contributed by atoms with Crippen LogP contribution in [0.1, 0.15) is 39.2 Å². The smallest absolute Gasteiger partial charge is 0.464 e. The molecule has 0 spiro atoms. The Labute approximate surface area is 199 Å². The van der Waals surface area contributed by atoms with E-state index in [0.717, 1.165) is 17.4 Å². The van der Waals surface area contributed by atoms with Crippen LogP contribution in [0.25, 0.3) is 15.8 Å². The van der Waals surface area contributed by atoms with Crippen molar-refractivity contribution < 1.29 is 24.1 Å². The molecule has 1 aliphatic heterocycles.